The molecule has 1 unspecified atom stereocenters. The molecule has 3 nitrogen and oxygen atoms in total. The van der Waals surface area contributed by atoms with Crippen molar-refractivity contribution in [3.8, 4) is 0 Å². The second-order valence-corrected chi connectivity index (χ2v) is 7.85. The minimum atomic E-state index is 0.572. The first-order valence-corrected chi connectivity index (χ1v) is 8.78. The Morgan fingerprint density at radius 1 is 1.35 bits per heavy atom. The summed E-state index contributed by atoms with van der Waals surface area (Å²) in [5.41, 5.74) is 2.66. The molecule has 1 N–H and O–H groups in total. The van der Waals surface area contributed by atoms with Gasteiger partial charge in [-0.1, -0.05) is 27.7 Å². The Bertz CT molecular complexity index is 432. The average Bonchev–Trinajstić information content (AvgIpc) is 2.42. The van der Waals surface area contributed by atoms with Crippen molar-refractivity contribution >= 4 is 11.8 Å². The zero-order valence-corrected chi connectivity index (χ0v) is 14.0. The molecule has 0 amide bonds. The van der Waals surface area contributed by atoms with E-state index in [-0.39, 0.29) is 0 Å². The van der Waals surface area contributed by atoms with Gasteiger partial charge >= 0.3 is 0 Å². The van der Waals surface area contributed by atoms with Crippen LogP contribution in [-0.2, 0) is 18.6 Å². The van der Waals surface area contributed by atoms with Crippen LogP contribution >= 0.6 is 11.8 Å². The van der Waals surface area contributed by atoms with Crippen LogP contribution in [0.2, 0.25) is 0 Å². The fourth-order valence-corrected chi connectivity index (χ4v) is 3.13. The third-order valence-electron chi connectivity index (χ3n) is 3.66. The first-order valence-electron chi connectivity index (χ1n) is 7.73. The molecule has 0 aromatic carbocycles. The van der Waals surface area contributed by atoms with Gasteiger partial charge in [0.25, 0.3) is 0 Å². The SMILES string of the molecule is CC(C)NCC1CCc2nc(CSC(C)C)ncc2C1. The van der Waals surface area contributed by atoms with Crippen LogP contribution in [0.5, 0.6) is 0 Å². The van der Waals surface area contributed by atoms with Crippen molar-refractivity contribution in [1.82, 2.24) is 15.3 Å². The Morgan fingerprint density at radius 3 is 2.85 bits per heavy atom. The maximum atomic E-state index is 4.76. The van der Waals surface area contributed by atoms with Gasteiger partial charge in [0, 0.05) is 17.9 Å². The third-order valence-corrected chi connectivity index (χ3v) is 4.75. The van der Waals surface area contributed by atoms with Crippen molar-refractivity contribution in [2.75, 3.05) is 6.54 Å². The van der Waals surface area contributed by atoms with Crippen LogP contribution in [0, 0.1) is 5.92 Å². The van der Waals surface area contributed by atoms with Crippen molar-refractivity contribution < 1.29 is 0 Å². The minimum Gasteiger partial charge on any atom is -0.314 e. The number of aromatic nitrogens is 2. The van der Waals surface area contributed by atoms with Gasteiger partial charge < -0.3 is 5.32 Å². The average molecular weight is 293 g/mol. The maximum Gasteiger partial charge on any atom is 0.138 e. The largest absolute Gasteiger partial charge is 0.314 e. The van der Waals surface area contributed by atoms with E-state index in [2.05, 4.69) is 44.2 Å². The first kappa shape index (κ1) is 15.8. The van der Waals surface area contributed by atoms with Crippen molar-refractivity contribution in [3.05, 3.63) is 23.3 Å². The topological polar surface area (TPSA) is 37.8 Å². The van der Waals surface area contributed by atoms with Crippen LogP contribution in [0.4, 0.5) is 0 Å². The van der Waals surface area contributed by atoms with Crippen molar-refractivity contribution in [1.29, 1.82) is 0 Å². The summed E-state index contributed by atoms with van der Waals surface area (Å²) < 4.78 is 0. The zero-order valence-electron chi connectivity index (χ0n) is 13.1. The third kappa shape index (κ3) is 4.74. The molecule has 1 atom stereocenters. The summed E-state index contributed by atoms with van der Waals surface area (Å²) in [6.07, 6.45) is 5.56. The zero-order chi connectivity index (χ0) is 14.5. The molecule has 0 fully saturated rings. The first-order chi connectivity index (χ1) is 9.54. The highest BCUT2D eigenvalue weighted by Gasteiger charge is 2.20. The van der Waals surface area contributed by atoms with Gasteiger partial charge in [-0.25, -0.2) is 9.97 Å². The van der Waals surface area contributed by atoms with E-state index in [4.69, 9.17) is 4.98 Å². The highest BCUT2D eigenvalue weighted by Crippen LogP contribution is 2.24. The second kappa shape index (κ2) is 7.41. The Balaban J connectivity index is 1.93. The van der Waals surface area contributed by atoms with E-state index >= 15 is 0 Å². The Kier molecular flexibility index (Phi) is 5.85. The van der Waals surface area contributed by atoms with Crippen molar-refractivity contribution in [3.63, 3.8) is 0 Å². The van der Waals surface area contributed by atoms with Gasteiger partial charge in [-0.3, -0.25) is 0 Å². The number of nitrogens with zero attached hydrogens (tertiary/aromatic N) is 2. The molecule has 1 aromatic heterocycles. The van der Waals surface area contributed by atoms with E-state index in [1.54, 1.807) is 0 Å². The Hall–Kier alpha value is -0.610. The van der Waals surface area contributed by atoms with Gasteiger partial charge in [0.05, 0.1) is 5.75 Å². The molecule has 0 saturated carbocycles. The van der Waals surface area contributed by atoms with E-state index in [1.165, 1.54) is 17.7 Å². The van der Waals surface area contributed by atoms with Gasteiger partial charge in [0.2, 0.25) is 0 Å². The van der Waals surface area contributed by atoms with E-state index in [0.717, 1.165) is 36.9 Å². The molecule has 0 bridgehead atoms. The summed E-state index contributed by atoms with van der Waals surface area (Å²) in [5, 5.41) is 4.19. The molecule has 0 aliphatic heterocycles. The quantitative estimate of drug-likeness (QED) is 0.874. The highest BCUT2D eigenvalue weighted by molar-refractivity contribution is 7.99. The monoisotopic (exact) mass is 293 g/mol. The lowest BCUT2D eigenvalue weighted by molar-refractivity contribution is 0.402. The van der Waals surface area contributed by atoms with Gasteiger partial charge in [-0.05, 0) is 42.5 Å². The summed E-state index contributed by atoms with van der Waals surface area (Å²) in [5.74, 6) is 2.68. The lowest BCUT2D eigenvalue weighted by atomic mass is 9.87. The van der Waals surface area contributed by atoms with Gasteiger partial charge in [-0.2, -0.15) is 11.8 Å². The van der Waals surface area contributed by atoms with Gasteiger partial charge in [0.15, 0.2) is 0 Å². The lowest BCUT2D eigenvalue weighted by Gasteiger charge is -2.25. The van der Waals surface area contributed by atoms with Crippen LogP contribution in [0.1, 0.15) is 51.2 Å². The standard InChI is InChI=1S/C16H27N3S/c1-11(2)17-8-13-5-6-15-14(7-13)9-18-16(19-15)10-20-12(3)4/h9,11-13,17H,5-8,10H2,1-4H3. The molecular formula is C16H27N3S. The molecule has 1 heterocycles. The fourth-order valence-electron chi connectivity index (χ4n) is 2.51. The Labute approximate surface area is 127 Å². The Morgan fingerprint density at radius 2 is 2.15 bits per heavy atom. The van der Waals surface area contributed by atoms with Gasteiger partial charge in [-0.15, -0.1) is 0 Å². The molecular weight excluding hydrogens is 266 g/mol. The van der Waals surface area contributed by atoms with Gasteiger partial charge in [0.1, 0.15) is 5.82 Å². The molecule has 0 spiro atoms. The van der Waals surface area contributed by atoms with Crippen LogP contribution in [0.25, 0.3) is 0 Å². The number of nitrogens with one attached hydrogen (secondary N) is 1. The van der Waals surface area contributed by atoms with Crippen molar-refractivity contribution in [2.45, 2.75) is 64.0 Å². The molecule has 4 heteroatoms. The number of fused-ring (bicyclic) bond motifs is 1. The highest BCUT2D eigenvalue weighted by atomic mass is 32.2. The molecule has 0 radical (unpaired) electrons. The summed E-state index contributed by atoms with van der Waals surface area (Å²) >= 11 is 1.91. The number of hydrogen-bond acceptors (Lipinski definition) is 4. The number of thioether (sulfide) groups is 1. The number of rotatable bonds is 6. The van der Waals surface area contributed by atoms with E-state index in [9.17, 15) is 0 Å². The summed E-state index contributed by atoms with van der Waals surface area (Å²) in [4.78, 5) is 9.30. The molecule has 20 heavy (non-hydrogen) atoms. The number of aryl methyl sites for hydroxylation is 1. The molecule has 1 aliphatic carbocycles. The van der Waals surface area contributed by atoms with E-state index in [0.29, 0.717) is 11.3 Å². The lowest BCUT2D eigenvalue weighted by Crippen LogP contribution is -2.32. The smallest absolute Gasteiger partial charge is 0.138 e. The van der Waals surface area contributed by atoms with E-state index in [1.807, 2.05) is 11.8 Å². The summed E-state index contributed by atoms with van der Waals surface area (Å²) in [6, 6.07) is 0.572. The van der Waals surface area contributed by atoms with Crippen LogP contribution in [0.15, 0.2) is 6.20 Å². The maximum absolute atomic E-state index is 4.76. The molecule has 2 rings (SSSR count). The van der Waals surface area contributed by atoms with E-state index < -0.39 is 0 Å². The normalized spacial score (nSPS) is 18.6. The van der Waals surface area contributed by atoms with Crippen LogP contribution < -0.4 is 5.32 Å². The summed E-state index contributed by atoms with van der Waals surface area (Å²) in [7, 11) is 0. The second-order valence-electron chi connectivity index (χ2n) is 6.29. The summed E-state index contributed by atoms with van der Waals surface area (Å²) in [6.45, 7) is 9.96. The van der Waals surface area contributed by atoms with Crippen LogP contribution in [0.3, 0.4) is 0 Å². The molecule has 1 aromatic rings. The van der Waals surface area contributed by atoms with Crippen LogP contribution in [-0.4, -0.2) is 27.8 Å². The molecule has 1 aliphatic rings. The fraction of sp³-hybridized carbons (Fsp3) is 0.750. The van der Waals surface area contributed by atoms with Crippen molar-refractivity contribution in [2.24, 2.45) is 5.92 Å². The number of hydrogen-bond donors (Lipinski definition) is 1. The molecule has 112 valence electrons. The predicted octanol–water partition coefficient (Wildman–Crippen LogP) is 3.22. The minimum absolute atomic E-state index is 0.572. The predicted molar refractivity (Wildman–Crippen MR) is 87.1 cm³/mol. The molecule has 0 saturated heterocycles.